The van der Waals surface area contributed by atoms with Gasteiger partial charge < -0.3 is 20.5 Å². The van der Waals surface area contributed by atoms with Crippen LogP contribution in [0.2, 0.25) is 0 Å². The third kappa shape index (κ3) is 5.82. The van der Waals surface area contributed by atoms with Gasteiger partial charge in [-0.3, -0.25) is 9.59 Å². The van der Waals surface area contributed by atoms with Gasteiger partial charge in [0.1, 0.15) is 10.8 Å². The lowest BCUT2D eigenvalue weighted by Crippen LogP contribution is -2.32. The standard InChI is InChI=1S/C19H22N2O5S/c1-11(2)13-4-6-14(7-5-13)25-10-16(22)26-12(3)18(24)21-19-15(17(20)23)8-9-27-19/h4-9,11-12H,10H2,1-3H3,(H2,20,23)(H,21,24)/t12-/m0/s1. The molecule has 1 aromatic heterocycles. The average molecular weight is 390 g/mol. The average Bonchev–Trinajstić information content (AvgIpc) is 3.08. The van der Waals surface area contributed by atoms with Gasteiger partial charge in [-0.15, -0.1) is 11.3 Å². The lowest BCUT2D eigenvalue weighted by atomic mass is 10.0. The van der Waals surface area contributed by atoms with Gasteiger partial charge in [-0.05, 0) is 42.0 Å². The van der Waals surface area contributed by atoms with Crippen molar-refractivity contribution in [3.05, 3.63) is 46.8 Å². The molecule has 0 fully saturated rings. The molecule has 2 amide bonds. The summed E-state index contributed by atoms with van der Waals surface area (Å²) in [5, 5.41) is 4.47. The molecule has 0 aliphatic carbocycles. The molecule has 144 valence electrons. The van der Waals surface area contributed by atoms with Crippen LogP contribution in [0, 0.1) is 0 Å². The van der Waals surface area contributed by atoms with Gasteiger partial charge in [0.25, 0.3) is 11.8 Å². The Kier molecular flexibility index (Phi) is 6.95. The summed E-state index contributed by atoms with van der Waals surface area (Å²) in [6.45, 7) is 5.29. The van der Waals surface area contributed by atoms with E-state index in [0.717, 1.165) is 11.3 Å². The van der Waals surface area contributed by atoms with Crippen LogP contribution in [0.3, 0.4) is 0 Å². The molecule has 0 spiro atoms. The molecule has 3 N–H and O–H groups in total. The molecule has 1 atom stereocenters. The third-order valence-electron chi connectivity index (χ3n) is 3.75. The molecule has 27 heavy (non-hydrogen) atoms. The number of amides is 2. The van der Waals surface area contributed by atoms with E-state index in [1.807, 2.05) is 12.1 Å². The van der Waals surface area contributed by atoms with Crippen molar-refractivity contribution in [1.29, 1.82) is 0 Å². The van der Waals surface area contributed by atoms with E-state index in [1.165, 1.54) is 18.6 Å². The smallest absolute Gasteiger partial charge is 0.344 e. The molecule has 0 saturated heterocycles. The number of nitrogens with one attached hydrogen (secondary N) is 1. The molecule has 0 bridgehead atoms. The largest absolute Gasteiger partial charge is 0.482 e. The van der Waals surface area contributed by atoms with Crippen molar-refractivity contribution >= 4 is 34.1 Å². The molecule has 1 heterocycles. The Labute approximate surface area is 161 Å². The molecule has 0 aliphatic heterocycles. The van der Waals surface area contributed by atoms with Gasteiger partial charge in [-0.2, -0.15) is 0 Å². The fourth-order valence-electron chi connectivity index (χ4n) is 2.19. The van der Waals surface area contributed by atoms with Crippen molar-refractivity contribution in [3.8, 4) is 5.75 Å². The van der Waals surface area contributed by atoms with Gasteiger partial charge in [0.05, 0.1) is 5.56 Å². The summed E-state index contributed by atoms with van der Waals surface area (Å²) in [5.41, 5.74) is 6.60. The number of esters is 1. The van der Waals surface area contributed by atoms with Crippen LogP contribution in [0.15, 0.2) is 35.7 Å². The Hall–Kier alpha value is -2.87. The Morgan fingerprint density at radius 2 is 1.78 bits per heavy atom. The van der Waals surface area contributed by atoms with Crippen LogP contribution < -0.4 is 15.8 Å². The lowest BCUT2D eigenvalue weighted by Gasteiger charge is -2.14. The number of nitrogens with two attached hydrogens (primary N) is 1. The van der Waals surface area contributed by atoms with E-state index in [0.29, 0.717) is 16.7 Å². The van der Waals surface area contributed by atoms with Crippen molar-refractivity contribution in [2.75, 3.05) is 11.9 Å². The van der Waals surface area contributed by atoms with Crippen LogP contribution in [0.5, 0.6) is 5.75 Å². The Morgan fingerprint density at radius 3 is 2.37 bits per heavy atom. The SMILES string of the molecule is CC(C)c1ccc(OCC(=O)O[C@@H](C)C(=O)Nc2sccc2C(N)=O)cc1. The molecule has 2 aromatic rings. The molecular formula is C19H22N2O5S. The predicted octanol–water partition coefficient (Wildman–Crippen LogP) is 2.92. The number of carbonyl (C=O) groups excluding carboxylic acids is 3. The van der Waals surface area contributed by atoms with Gasteiger partial charge in [-0.25, -0.2) is 4.79 Å². The van der Waals surface area contributed by atoms with Crippen molar-refractivity contribution in [2.24, 2.45) is 5.73 Å². The van der Waals surface area contributed by atoms with Crippen molar-refractivity contribution < 1.29 is 23.9 Å². The van der Waals surface area contributed by atoms with E-state index in [1.54, 1.807) is 17.5 Å². The maximum absolute atomic E-state index is 12.1. The molecule has 2 rings (SSSR count). The first-order valence-corrected chi connectivity index (χ1v) is 9.26. The first-order valence-electron chi connectivity index (χ1n) is 8.38. The molecule has 0 unspecified atom stereocenters. The van der Waals surface area contributed by atoms with E-state index in [4.69, 9.17) is 15.2 Å². The first-order chi connectivity index (χ1) is 12.8. The van der Waals surface area contributed by atoms with Gasteiger partial charge in [-0.1, -0.05) is 26.0 Å². The maximum Gasteiger partial charge on any atom is 0.344 e. The van der Waals surface area contributed by atoms with Crippen molar-refractivity contribution in [2.45, 2.75) is 32.8 Å². The van der Waals surface area contributed by atoms with Gasteiger partial charge in [0.2, 0.25) is 0 Å². The minimum absolute atomic E-state index is 0.208. The van der Waals surface area contributed by atoms with Crippen LogP contribution in [0.25, 0.3) is 0 Å². The summed E-state index contributed by atoms with van der Waals surface area (Å²) in [6.07, 6.45) is -1.05. The summed E-state index contributed by atoms with van der Waals surface area (Å²) in [6, 6.07) is 8.93. The van der Waals surface area contributed by atoms with Gasteiger partial charge in [0, 0.05) is 0 Å². The Morgan fingerprint density at radius 1 is 1.11 bits per heavy atom. The summed E-state index contributed by atoms with van der Waals surface area (Å²) in [7, 11) is 0. The maximum atomic E-state index is 12.1. The van der Waals surface area contributed by atoms with Crippen LogP contribution in [0.4, 0.5) is 5.00 Å². The zero-order valence-electron chi connectivity index (χ0n) is 15.4. The predicted molar refractivity (Wildman–Crippen MR) is 103 cm³/mol. The van der Waals surface area contributed by atoms with Crippen molar-refractivity contribution in [1.82, 2.24) is 0 Å². The number of anilines is 1. The highest BCUT2D eigenvalue weighted by atomic mass is 32.1. The molecule has 0 aliphatic rings. The second kappa shape index (κ2) is 9.18. The number of hydrogen-bond donors (Lipinski definition) is 2. The Balaban J connectivity index is 1.83. The second-order valence-corrected chi connectivity index (χ2v) is 7.08. The number of rotatable bonds is 8. The van der Waals surface area contributed by atoms with Crippen molar-refractivity contribution in [3.63, 3.8) is 0 Å². The normalized spacial score (nSPS) is 11.7. The Bertz CT molecular complexity index is 814. The topological polar surface area (TPSA) is 108 Å². The van der Waals surface area contributed by atoms with E-state index >= 15 is 0 Å². The third-order valence-corrected chi connectivity index (χ3v) is 4.58. The highest BCUT2D eigenvalue weighted by Crippen LogP contribution is 2.23. The molecular weight excluding hydrogens is 368 g/mol. The minimum atomic E-state index is -1.05. The van der Waals surface area contributed by atoms with Crippen LogP contribution in [-0.4, -0.2) is 30.5 Å². The van der Waals surface area contributed by atoms with Crippen LogP contribution >= 0.6 is 11.3 Å². The van der Waals surface area contributed by atoms with Crippen LogP contribution in [-0.2, 0) is 14.3 Å². The highest BCUT2D eigenvalue weighted by molar-refractivity contribution is 7.14. The summed E-state index contributed by atoms with van der Waals surface area (Å²) >= 11 is 1.16. The molecule has 0 radical (unpaired) electrons. The quantitative estimate of drug-likeness (QED) is 0.674. The number of primary amides is 1. The molecule has 0 saturated carbocycles. The summed E-state index contributed by atoms with van der Waals surface area (Å²) in [5.74, 6) is -0.936. The van der Waals surface area contributed by atoms with E-state index in [-0.39, 0.29) is 12.2 Å². The van der Waals surface area contributed by atoms with Gasteiger partial charge in [0.15, 0.2) is 12.7 Å². The number of ether oxygens (including phenoxy) is 2. The number of benzene rings is 1. The molecule has 1 aromatic carbocycles. The number of thiophene rings is 1. The molecule has 7 nitrogen and oxygen atoms in total. The fourth-order valence-corrected chi connectivity index (χ4v) is 2.98. The molecule has 8 heteroatoms. The summed E-state index contributed by atoms with van der Waals surface area (Å²) < 4.78 is 10.4. The second-order valence-electron chi connectivity index (χ2n) is 6.16. The number of hydrogen-bond acceptors (Lipinski definition) is 6. The zero-order valence-corrected chi connectivity index (χ0v) is 16.2. The van der Waals surface area contributed by atoms with E-state index in [2.05, 4.69) is 19.2 Å². The first kappa shape index (κ1) is 20.4. The van der Waals surface area contributed by atoms with Crippen LogP contribution in [0.1, 0.15) is 42.6 Å². The van der Waals surface area contributed by atoms with E-state index in [9.17, 15) is 14.4 Å². The monoisotopic (exact) mass is 390 g/mol. The number of carbonyl (C=O) groups is 3. The highest BCUT2D eigenvalue weighted by Gasteiger charge is 2.21. The minimum Gasteiger partial charge on any atom is -0.482 e. The summed E-state index contributed by atoms with van der Waals surface area (Å²) in [4.78, 5) is 35.3. The van der Waals surface area contributed by atoms with Gasteiger partial charge >= 0.3 is 5.97 Å². The fraction of sp³-hybridized carbons (Fsp3) is 0.316. The van der Waals surface area contributed by atoms with E-state index < -0.39 is 23.9 Å². The lowest BCUT2D eigenvalue weighted by molar-refractivity contribution is -0.155. The zero-order chi connectivity index (χ0) is 20.0.